The molecule has 90 valence electrons. The minimum atomic E-state index is -3.04. The van der Waals surface area contributed by atoms with Gasteiger partial charge in [-0.15, -0.1) is 0 Å². The zero-order valence-corrected chi connectivity index (χ0v) is 8.80. The summed E-state index contributed by atoms with van der Waals surface area (Å²) in [5.74, 6) is 0. The first-order chi connectivity index (χ1) is 8.16. The zero-order valence-electron chi connectivity index (χ0n) is 8.80. The van der Waals surface area contributed by atoms with Gasteiger partial charge in [-0.05, 0) is 23.8 Å². The molecule has 1 unspecified atom stereocenters. The third-order valence-corrected chi connectivity index (χ3v) is 2.26. The second kappa shape index (κ2) is 4.99. The molecule has 6 heteroatoms. The van der Waals surface area contributed by atoms with Gasteiger partial charge in [-0.3, -0.25) is 9.67 Å². The van der Waals surface area contributed by atoms with Crippen molar-refractivity contribution in [2.45, 2.75) is 19.1 Å². The SMILES string of the molecule is FC(F)C(F)c1ccn(Cc2ccncc2)n1. The topological polar surface area (TPSA) is 30.7 Å². The molecule has 3 nitrogen and oxygen atoms in total. The van der Waals surface area contributed by atoms with Crippen LogP contribution in [0.15, 0.2) is 36.8 Å². The quantitative estimate of drug-likeness (QED) is 0.823. The molecule has 0 aromatic carbocycles. The average Bonchev–Trinajstić information content (AvgIpc) is 2.77. The molecule has 2 heterocycles. The van der Waals surface area contributed by atoms with Gasteiger partial charge in [-0.25, -0.2) is 13.2 Å². The van der Waals surface area contributed by atoms with Gasteiger partial charge in [0.05, 0.1) is 6.54 Å². The largest absolute Gasteiger partial charge is 0.275 e. The van der Waals surface area contributed by atoms with Crippen molar-refractivity contribution >= 4 is 0 Å². The third kappa shape index (κ3) is 2.83. The van der Waals surface area contributed by atoms with Crippen molar-refractivity contribution in [2.75, 3.05) is 0 Å². The predicted octanol–water partition coefficient (Wildman–Crippen LogP) is 2.60. The third-order valence-electron chi connectivity index (χ3n) is 2.26. The highest BCUT2D eigenvalue weighted by Crippen LogP contribution is 2.22. The Balaban J connectivity index is 2.09. The first-order valence-corrected chi connectivity index (χ1v) is 5.01. The minimum absolute atomic E-state index is 0.242. The predicted molar refractivity (Wildman–Crippen MR) is 55.4 cm³/mol. The highest BCUT2D eigenvalue weighted by molar-refractivity contribution is 5.11. The maximum Gasteiger partial charge on any atom is 0.275 e. The maximum absolute atomic E-state index is 13.0. The van der Waals surface area contributed by atoms with Crippen LogP contribution in [0.2, 0.25) is 0 Å². The summed E-state index contributed by atoms with van der Waals surface area (Å²) in [6.45, 7) is 0.401. The molecule has 0 N–H and O–H groups in total. The molecule has 0 bridgehead atoms. The number of rotatable bonds is 4. The highest BCUT2D eigenvalue weighted by atomic mass is 19.3. The Bertz CT molecular complexity index is 470. The van der Waals surface area contributed by atoms with E-state index in [-0.39, 0.29) is 5.69 Å². The number of aromatic nitrogens is 3. The number of halogens is 3. The van der Waals surface area contributed by atoms with E-state index in [0.29, 0.717) is 6.54 Å². The molecular formula is C11H10F3N3. The van der Waals surface area contributed by atoms with Crippen molar-refractivity contribution in [1.29, 1.82) is 0 Å². The highest BCUT2D eigenvalue weighted by Gasteiger charge is 2.23. The van der Waals surface area contributed by atoms with E-state index >= 15 is 0 Å². The van der Waals surface area contributed by atoms with E-state index in [2.05, 4.69) is 10.1 Å². The fourth-order valence-corrected chi connectivity index (χ4v) is 1.42. The Labute approximate surface area is 95.9 Å². The van der Waals surface area contributed by atoms with Gasteiger partial charge in [-0.1, -0.05) is 0 Å². The van der Waals surface area contributed by atoms with Gasteiger partial charge >= 0.3 is 0 Å². The summed E-state index contributed by atoms with van der Waals surface area (Å²) in [5, 5.41) is 3.77. The van der Waals surface area contributed by atoms with E-state index in [4.69, 9.17) is 0 Å². The molecular weight excluding hydrogens is 231 g/mol. The number of hydrogen-bond acceptors (Lipinski definition) is 2. The van der Waals surface area contributed by atoms with Crippen LogP contribution in [0.25, 0.3) is 0 Å². The first-order valence-electron chi connectivity index (χ1n) is 5.01. The van der Waals surface area contributed by atoms with Crippen LogP contribution >= 0.6 is 0 Å². The molecule has 0 aliphatic carbocycles. The molecule has 0 radical (unpaired) electrons. The first kappa shape index (κ1) is 11.6. The molecule has 0 saturated carbocycles. The Kier molecular flexibility index (Phi) is 3.41. The molecule has 0 aliphatic heterocycles. The summed E-state index contributed by atoms with van der Waals surface area (Å²) in [6, 6.07) is 4.82. The molecule has 2 rings (SSSR count). The van der Waals surface area contributed by atoms with Crippen molar-refractivity contribution in [2.24, 2.45) is 0 Å². The Hall–Kier alpha value is -1.85. The van der Waals surface area contributed by atoms with Crippen LogP contribution in [-0.2, 0) is 6.54 Å². The summed E-state index contributed by atoms with van der Waals surface area (Å²) < 4.78 is 38.6. The van der Waals surface area contributed by atoms with Crippen molar-refractivity contribution in [3.05, 3.63) is 48.0 Å². The maximum atomic E-state index is 13.0. The molecule has 17 heavy (non-hydrogen) atoms. The van der Waals surface area contributed by atoms with Gasteiger partial charge in [0.1, 0.15) is 5.69 Å². The number of nitrogens with zero attached hydrogens (tertiary/aromatic N) is 3. The van der Waals surface area contributed by atoms with E-state index < -0.39 is 12.6 Å². The molecule has 0 saturated heterocycles. The van der Waals surface area contributed by atoms with Gasteiger partial charge in [0, 0.05) is 18.6 Å². The van der Waals surface area contributed by atoms with Crippen LogP contribution in [0.1, 0.15) is 17.4 Å². The fraction of sp³-hybridized carbons (Fsp3) is 0.273. The fourth-order valence-electron chi connectivity index (χ4n) is 1.42. The lowest BCUT2D eigenvalue weighted by molar-refractivity contribution is 0.0469. The summed E-state index contributed by atoms with van der Waals surface area (Å²) in [4.78, 5) is 3.85. The smallest absolute Gasteiger partial charge is 0.268 e. The average molecular weight is 241 g/mol. The van der Waals surface area contributed by atoms with E-state index in [1.54, 1.807) is 24.5 Å². The van der Waals surface area contributed by atoms with E-state index in [1.165, 1.54) is 16.9 Å². The Morgan fingerprint density at radius 2 is 1.82 bits per heavy atom. The lowest BCUT2D eigenvalue weighted by Gasteiger charge is -2.03. The molecule has 0 fully saturated rings. The summed E-state index contributed by atoms with van der Waals surface area (Å²) >= 11 is 0. The van der Waals surface area contributed by atoms with Gasteiger partial charge in [-0.2, -0.15) is 5.10 Å². The second-order valence-corrected chi connectivity index (χ2v) is 3.53. The van der Waals surface area contributed by atoms with Crippen molar-refractivity contribution in [1.82, 2.24) is 14.8 Å². The Morgan fingerprint density at radius 3 is 2.47 bits per heavy atom. The van der Waals surface area contributed by atoms with Crippen molar-refractivity contribution < 1.29 is 13.2 Å². The second-order valence-electron chi connectivity index (χ2n) is 3.53. The summed E-state index contributed by atoms with van der Waals surface area (Å²) in [5.41, 5.74) is 0.677. The standard InChI is InChI=1S/C11H10F3N3/c12-10(11(13)14)9-3-6-17(16-9)7-8-1-4-15-5-2-8/h1-6,10-11H,7H2. The minimum Gasteiger partial charge on any atom is -0.268 e. The zero-order chi connectivity index (χ0) is 12.3. The van der Waals surface area contributed by atoms with Crippen LogP contribution in [-0.4, -0.2) is 21.2 Å². The normalized spacial score (nSPS) is 12.9. The van der Waals surface area contributed by atoms with E-state index in [0.717, 1.165) is 5.56 Å². The summed E-state index contributed by atoms with van der Waals surface area (Å²) in [6.07, 6.45) is -0.647. The lowest BCUT2D eigenvalue weighted by Crippen LogP contribution is -2.06. The molecule has 0 aliphatic rings. The van der Waals surface area contributed by atoms with Gasteiger partial charge < -0.3 is 0 Å². The van der Waals surface area contributed by atoms with Crippen LogP contribution in [0, 0.1) is 0 Å². The van der Waals surface area contributed by atoms with Gasteiger partial charge in [0.15, 0.2) is 0 Å². The summed E-state index contributed by atoms with van der Waals surface area (Å²) in [7, 11) is 0. The molecule has 0 spiro atoms. The molecule has 2 aromatic rings. The number of pyridine rings is 1. The van der Waals surface area contributed by atoms with Crippen LogP contribution in [0.5, 0.6) is 0 Å². The van der Waals surface area contributed by atoms with Gasteiger partial charge in [0.25, 0.3) is 6.43 Å². The van der Waals surface area contributed by atoms with Crippen LogP contribution in [0.3, 0.4) is 0 Å². The number of alkyl halides is 3. The van der Waals surface area contributed by atoms with Crippen molar-refractivity contribution in [3.8, 4) is 0 Å². The Morgan fingerprint density at radius 1 is 1.12 bits per heavy atom. The van der Waals surface area contributed by atoms with Gasteiger partial charge in [0.2, 0.25) is 6.17 Å². The van der Waals surface area contributed by atoms with Crippen molar-refractivity contribution in [3.63, 3.8) is 0 Å². The molecule has 1 atom stereocenters. The van der Waals surface area contributed by atoms with E-state index in [9.17, 15) is 13.2 Å². The monoisotopic (exact) mass is 241 g/mol. The molecule has 0 amide bonds. The van der Waals surface area contributed by atoms with Crippen LogP contribution < -0.4 is 0 Å². The van der Waals surface area contributed by atoms with E-state index in [1.807, 2.05) is 0 Å². The van der Waals surface area contributed by atoms with Crippen LogP contribution in [0.4, 0.5) is 13.2 Å². The lowest BCUT2D eigenvalue weighted by atomic mass is 10.3. The molecule has 2 aromatic heterocycles. The number of hydrogen-bond donors (Lipinski definition) is 0.